The molecule has 3 aliphatic rings. The SMILES string of the molecule is O=C1C(=O)N(CCCN2CCOCC2)C(c2ccc(F)cc2)/C1=C(\O)c1ccc2c(c1)OCO2. The Morgan fingerprint density at radius 3 is 2.50 bits per heavy atom. The molecule has 178 valence electrons. The Morgan fingerprint density at radius 2 is 1.74 bits per heavy atom. The largest absolute Gasteiger partial charge is 0.507 e. The molecule has 9 heteroatoms. The van der Waals surface area contributed by atoms with Crippen LogP contribution in [0.1, 0.15) is 23.6 Å². The van der Waals surface area contributed by atoms with Crippen molar-refractivity contribution in [1.82, 2.24) is 9.80 Å². The van der Waals surface area contributed by atoms with Gasteiger partial charge in [-0.3, -0.25) is 14.5 Å². The highest BCUT2D eigenvalue weighted by atomic mass is 19.1. The van der Waals surface area contributed by atoms with Gasteiger partial charge in [-0.2, -0.15) is 0 Å². The summed E-state index contributed by atoms with van der Waals surface area (Å²) < 4.78 is 29.7. The molecule has 0 saturated carbocycles. The van der Waals surface area contributed by atoms with Crippen molar-refractivity contribution in [2.75, 3.05) is 46.2 Å². The second-order valence-corrected chi connectivity index (χ2v) is 8.42. The van der Waals surface area contributed by atoms with E-state index in [2.05, 4.69) is 4.90 Å². The van der Waals surface area contributed by atoms with Gasteiger partial charge in [-0.05, 0) is 42.3 Å². The lowest BCUT2D eigenvalue weighted by Gasteiger charge is -2.29. The zero-order chi connectivity index (χ0) is 23.7. The minimum absolute atomic E-state index is 0.0261. The third-order valence-corrected chi connectivity index (χ3v) is 6.35. The summed E-state index contributed by atoms with van der Waals surface area (Å²) in [5.41, 5.74) is 0.860. The molecule has 0 radical (unpaired) electrons. The summed E-state index contributed by atoms with van der Waals surface area (Å²) in [4.78, 5) is 29.9. The lowest BCUT2D eigenvalue weighted by Crippen LogP contribution is -2.38. The monoisotopic (exact) mass is 468 g/mol. The maximum absolute atomic E-state index is 13.6. The van der Waals surface area contributed by atoms with Gasteiger partial charge in [0.15, 0.2) is 11.5 Å². The molecule has 5 rings (SSSR count). The van der Waals surface area contributed by atoms with Crippen molar-refractivity contribution in [3.63, 3.8) is 0 Å². The number of amides is 1. The maximum Gasteiger partial charge on any atom is 0.295 e. The number of carbonyl (C=O) groups excluding carboxylic acids is 2. The number of likely N-dealkylation sites (tertiary alicyclic amines) is 1. The van der Waals surface area contributed by atoms with Crippen molar-refractivity contribution in [3.05, 3.63) is 65.0 Å². The molecule has 2 aromatic carbocycles. The van der Waals surface area contributed by atoms with Gasteiger partial charge >= 0.3 is 0 Å². The molecule has 1 N–H and O–H groups in total. The van der Waals surface area contributed by atoms with E-state index in [1.807, 2.05) is 0 Å². The van der Waals surface area contributed by atoms with Gasteiger partial charge in [0.2, 0.25) is 6.79 Å². The second-order valence-electron chi connectivity index (χ2n) is 8.42. The van der Waals surface area contributed by atoms with E-state index in [0.29, 0.717) is 48.8 Å². The van der Waals surface area contributed by atoms with Gasteiger partial charge < -0.3 is 24.2 Å². The predicted octanol–water partition coefficient (Wildman–Crippen LogP) is 2.70. The number of aliphatic hydroxyl groups excluding tert-OH is 1. The summed E-state index contributed by atoms with van der Waals surface area (Å²) in [6.07, 6.45) is 0.648. The highest BCUT2D eigenvalue weighted by molar-refractivity contribution is 6.46. The molecule has 2 fully saturated rings. The van der Waals surface area contributed by atoms with E-state index in [0.717, 1.165) is 19.6 Å². The number of Topliss-reactive ketones (excluding diaryl/α,β-unsaturated/α-hetero) is 1. The summed E-state index contributed by atoms with van der Waals surface area (Å²) >= 11 is 0. The zero-order valence-electron chi connectivity index (χ0n) is 18.5. The van der Waals surface area contributed by atoms with Crippen LogP contribution in [0.4, 0.5) is 4.39 Å². The first-order chi connectivity index (χ1) is 16.5. The fourth-order valence-corrected chi connectivity index (χ4v) is 4.59. The summed E-state index contributed by atoms with van der Waals surface area (Å²) in [7, 11) is 0. The van der Waals surface area contributed by atoms with Crippen molar-refractivity contribution < 1.29 is 33.3 Å². The van der Waals surface area contributed by atoms with Crippen molar-refractivity contribution in [2.24, 2.45) is 0 Å². The van der Waals surface area contributed by atoms with Gasteiger partial charge in [0, 0.05) is 31.7 Å². The number of nitrogens with zero attached hydrogens (tertiary/aromatic N) is 2. The fraction of sp³-hybridized carbons (Fsp3) is 0.360. The summed E-state index contributed by atoms with van der Waals surface area (Å²) in [6, 6.07) is 9.63. The number of ketones is 1. The number of ether oxygens (including phenoxy) is 3. The Hall–Kier alpha value is -3.43. The van der Waals surface area contributed by atoms with Gasteiger partial charge in [0.05, 0.1) is 24.8 Å². The molecule has 2 saturated heterocycles. The van der Waals surface area contributed by atoms with Gasteiger partial charge in [0.1, 0.15) is 11.6 Å². The lowest BCUT2D eigenvalue weighted by molar-refractivity contribution is -0.140. The average Bonchev–Trinajstić information content (AvgIpc) is 3.42. The molecule has 0 aliphatic carbocycles. The van der Waals surface area contributed by atoms with Crippen LogP contribution in [0, 0.1) is 5.82 Å². The quantitative estimate of drug-likeness (QED) is 0.396. The number of hydrogen-bond donors (Lipinski definition) is 1. The van der Waals surface area contributed by atoms with Crippen LogP contribution in [-0.2, 0) is 14.3 Å². The topological polar surface area (TPSA) is 88.5 Å². The van der Waals surface area contributed by atoms with Crippen LogP contribution in [0.5, 0.6) is 11.5 Å². The number of hydrogen-bond acceptors (Lipinski definition) is 7. The number of carbonyl (C=O) groups is 2. The number of halogens is 1. The second kappa shape index (κ2) is 9.44. The van der Waals surface area contributed by atoms with Gasteiger partial charge in [0.25, 0.3) is 11.7 Å². The minimum atomic E-state index is -0.823. The molecule has 2 aromatic rings. The van der Waals surface area contributed by atoms with Crippen molar-refractivity contribution in [1.29, 1.82) is 0 Å². The summed E-state index contributed by atoms with van der Waals surface area (Å²) in [5, 5.41) is 11.2. The van der Waals surface area contributed by atoms with E-state index in [1.165, 1.54) is 29.2 Å². The number of fused-ring (bicyclic) bond motifs is 1. The number of benzene rings is 2. The number of rotatable bonds is 6. The Labute approximate surface area is 196 Å². The van der Waals surface area contributed by atoms with E-state index >= 15 is 0 Å². The molecule has 0 spiro atoms. The van der Waals surface area contributed by atoms with Crippen molar-refractivity contribution >= 4 is 17.4 Å². The zero-order valence-corrected chi connectivity index (χ0v) is 18.5. The average molecular weight is 468 g/mol. The molecule has 3 heterocycles. The first-order valence-corrected chi connectivity index (χ1v) is 11.3. The lowest BCUT2D eigenvalue weighted by atomic mass is 9.95. The molecule has 1 atom stereocenters. The Bertz CT molecular complexity index is 1130. The van der Waals surface area contributed by atoms with Gasteiger partial charge in [-0.15, -0.1) is 0 Å². The highest BCUT2D eigenvalue weighted by Crippen LogP contribution is 2.41. The third-order valence-electron chi connectivity index (χ3n) is 6.35. The maximum atomic E-state index is 13.6. The number of morpholine rings is 1. The van der Waals surface area contributed by atoms with E-state index in [9.17, 15) is 19.1 Å². The Morgan fingerprint density at radius 1 is 1.00 bits per heavy atom. The summed E-state index contributed by atoms with van der Waals surface area (Å²) in [5.74, 6) is -1.20. The normalized spacial score (nSPS) is 21.9. The first-order valence-electron chi connectivity index (χ1n) is 11.3. The van der Waals surface area contributed by atoms with Crippen LogP contribution >= 0.6 is 0 Å². The Kier molecular flexibility index (Phi) is 6.21. The third kappa shape index (κ3) is 4.24. The molecule has 0 aromatic heterocycles. The molecule has 34 heavy (non-hydrogen) atoms. The fourth-order valence-electron chi connectivity index (χ4n) is 4.59. The van der Waals surface area contributed by atoms with E-state index in [1.54, 1.807) is 18.2 Å². The van der Waals surface area contributed by atoms with Crippen molar-refractivity contribution in [2.45, 2.75) is 12.5 Å². The smallest absolute Gasteiger partial charge is 0.295 e. The standard InChI is InChI=1S/C25H25FN2O6/c26-18-5-2-16(3-6-18)22-21(23(29)17-4-7-19-20(14-17)34-15-33-19)24(30)25(31)28(22)9-1-8-27-10-12-32-13-11-27/h2-7,14,22,29H,1,8-13,15H2/b23-21+. The molecular formula is C25H25FN2O6. The van der Waals surface area contributed by atoms with Crippen LogP contribution in [0.25, 0.3) is 5.76 Å². The minimum Gasteiger partial charge on any atom is -0.507 e. The highest BCUT2D eigenvalue weighted by Gasteiger charge is 2.46. The van der Waals surface area contributed by atoms with E-state index < -0.39 is 23.5 Å². The van der Waals surface area contributed by atoms with Crippen molar-refractivity contribution in [3.8, 4) is 11.5 Å². The first kappa shape index (κ1) is 22.4. The predicted molar refractivity (Wildman–Crippen MR) is 120 cm³/mol. The van der Waals surface area contributed by atoms with Crippen LogP contribution in [-0.4, -0.2) is 72.8 Å². The molecule has 3 aliphatic heterocycles. The van der Waals surface area contributed by atoms with E-state index in [4.69, 9.17) is 14.2 Å². The molecule has 1 unspecified atom stereocenters. The van der Waals surface area contributed by atoms with Crippen LogP contribution in [0.2, 0.25) is 0 Å². The van der Waals surface area contributed by atoms with Gasteiger partial charge in [-0.1, -0.05) is 12.1 Å². The van der Waals surface area contributed by atoms with Crippen LogP contribution in [0.15, 0.2) is 48.0 Å². The molecular weight excluding hydrogens is 443 g/mol. The number of aliphatic hydroxyl groups is 1. The van der Waals surface area contributed by atoms with Gasteiger partial charge in [-0.25, -0.2) is 4.39 Å². The molecule has 0 bridgehead atoms. The van der Waals surface area contributed by atoms with E-state index in [-0.39, 0.29) is 18.1 Å². The van der Waals surface area contributed by atoms with Crippen LogP contribution < -0.4 is 9.47 Å². The Balaban J connectivity index is 1.47. The molecule has 8 nitrogen and oxygen atoms in total. The summed E-state index contributed by atoms with van der Waals surface area (Å²) in [6.45, 7) is 4.15. The van der Waals surface area contributed by atoms with Crippen LogP contribution in [0.3, 0.4) is 0 Å². The molecule has 1 amide bonds.